The van der Waals surface area contributed by atoms with Crippen molar-refractivity contribution in [2.24, 2.45) is 0 Å². The summed E-state index contributed by atoms with van der Waals surface area (Å²) in [5, 5.41) is 11.5. The number of fused-ring (bicyclic) bond motifs is 1. The number of carbonyl (C=O) groups is 1. The molecule has 194 valence electrons. The Labute approximate surface area is 230 Å². The second-order valence-electron chi connectivity index (χ2n) is 8.59. The van der Waals surface area contributed by atoms with Gasteiger partial charge < -0.3 is 20.1 Å². The number of aromatic nitrogens is 3. The Bertz CT molecular complexity index is 1500. The molecule has 0 spiro atoms. The summed E-state index contributed by atoms with van der Waals surface area (Å²) in [6.07, 6.45) is 1.46. The summed E-state index contributed by atoms with van der Waals surface area (Å²) in [4.78, 5) is 17.8. The van der Waals surface area contributed by atoms with Gasteiger partial charge in [0.15, 0.2) is 11.5 Å². The van der Waals surface area contributed by atoms with E-state index in [1.54, 1.807) is 16.8 Å². The number of nitrogens with one attached hydrogen (secondary N) is 2. The fraction of sp³-hybridized carbons (Fsp3) is 0.179. The van der Waals surface area contributed by atoms with Crippen molar-refractivity contribution in [3.05, 3.63) is 105 Å². The maximum absolute atomic E-state index is 13.5. The highest BCUT2D eigenvalue weighted by atomic mass is 35.5. The number of amides is 1. The first kappa shape index (κ1) is 25.6. The number of para-hydroxylation sites is 1. The van der Waals surface area contributed by atoms with E-state index in [0.717, 1.165) is 11.1 Å². The minimum Gasteiger partial charge on any atom is -0.490 e. The first-order valence-corrected chi connectivity index (χ1v) is 12.8. The molecule has 1 amide bonds. The number of anilines is 2. The van der Waals surface area contributed by atoms with Gasteiger partial charge in [-0.2, -0.15) is 10.1 Å². The van der Waals surface area contributed by atoms with Crippen molar-refractivity contribution in [3.63, 3.8) is 0 Å². The van der Waals surface area contributed by atoms with Gasteiger partial charge >= 0.3 is 0 Å². The summed E-state index contributed by atoms with van der Waals surface area (Å²) in [5.41, 5.74) is 3.55. The van der Waals surface area contributed by atoms with Gasteiger partial charge in [0.1, 0.15) is 19.0 Å². The number of nitrogens with zero attached hydrogens (tertiary/aromatic N) is 3. The third kappa shape index (κ3) is 5.32. The predicted molar refractivity (Wildman–Crippen MR) is 148 cm³/mol. The molecule has 4 aromatic rings. The molecule has 0 unspecified atom stereocenters. The number of hydrogen-bond donors (Lipinski definition) is 2. The van der Waals surface area contributed by atoms with Gasteiger partial charge in [-0.25, -0.2) is 4.68 Å². The molecule has 5 rings (SSSR count). The van der Waals surface area contributed by atoms with Crippen LogP contribution < -0.4 is 20.1 Å². The number of benzene rings is 3. The van der Waals surface area contributed by atoms with Crippen LogP contribution in [0.1, 0.15) is 31.0 Å². The Morgan fingerprint density at radius 1 is 1.03 bits per heavy atom. The van der Waals surface area contributed by atoms with E-state index in [0.29, 0.717) is 51.1 Å². The van der Waals surface area contributed by atoms with Gasteiger partial charge in [0, 0.05) is 11.4 Å². The highest BCUT2D eigenvalue weighted by Gasteiger charge is 2.34. The van der Waals surface area contributed by atoms with Crippen LogP contribution in [0.2, 0.25) is 10.0 Å². The van der Waals surface area contributed by atoms with Crippen molar-refractivity contribution < 1.29 is 14.3 Å². The first-order chi connectivity index (χ1) is 18.4. The molecule has 0 saturated heterocycles. The molecule has 2 N–H and O–H groups in total. The van der Waals surface area contributed by atoms with Crippen molar-refractivity contribution in [3.8, 4) is 11.5 Å². The highest BCUT2D eigenvalue weighted by molar-refractivity contribution is 6.42. The normalized spacial score (nSPS) is 14.5. The van der Waals surface area contributed by atoms with E-state index in [1.165, 1.54) is 6.33 Å². The van der Waals surface area contributed by atoms with Gasteiger partial charge in [-0.1, -0.05) is 53.5 Å². The minimum absolute atomic E-state index is 0.245. The number of halogens is 2. The van der Waals surface area contributed by atoms with E-state index < -0.39 is 6.04 Å². The molecule has 0 fully saturated rings. The fourth-order valence-corrected chi connectivity index (χ4v) is 4.61. The van der Waals surface area contributed by atoms with Crippen molar-refractivity contribution in [2.45, 2.75) is 26.5 Å². The van der Waals surface area contributed by atoms with Gasteiger partial charge in [0.2, 0.25) is 5.95 Å². The summed E-state index contributed by atoms with van der Waals surface area (Å²) in [7, 11) is 0. The van der Waals surface area contributed by atoms with Crippen LogP contribution in [-0.2, 0) is 11.4 Å². The van der Waals surface area contributed by atoms with Crippen LogP contribution in [0.3, 0.4) is 0 Å². The number of rotatable bonds is 8. The second-order valence-corrected chi connectivity index (χ2v) is 9.41. The summed E-state index contributed by atoms with van der Waals surface area (Å²) >= 11 is 12.2. The van der Waals surface area contributed by atoms with E-state index >= 15 is 0 Å². The number of allylic oxidation sites excluding steroid dienone is 1. The van der Waals surface area contributed by atoms with Crippen LogP contribution in [0.5, 0.6) is 11.5 Å². The van der Waals surface area contributed by atoms with Crippen molar-refractivity contribution in [2.75, 3.05) is 17.2 Å². The molecule has 0 bridgehead atoms. The number of ether oxygens (including phenoxy) is 2. The maximum Gasteiger partial charge on any atom is 0.255 e. The SMILES string of the molecule is CCOc1cc([C@H]2C(C(=O)Nc3ccccc3)=C(C)Nc3ncnn32)ccc1OCc1ccc(Cl)c(Cl)c1. The Kier molecular flexibility index (Phi) is 7.53. The Hall–Kier alpha value is -4.01. The smallest absolute Gasteiger partial charge is 0.255 e. The van der Waals surface area contributed by atoms with Gasteiger partial charge in [0.05, 0.1) is 22.2 Å². The van der Waals surface area contributed by atoms with E-state index in [9.17, 15) is 4.79 Å². The molecule has 0 aliphatic carbocycles. The lowest BCUT2D eigenvalue weighted by Crippen LogP contribution is -2.31. The van der Waals surface area contributed by atoms with Gasteiger partial charge in [-0.3, -0.25) is 4.79 Å². The van der Waals surface area contributed by atoms with Crippen molar-refractivity contribution in [1.82, 2.24) is 14.8 Å². The third-order valence-electron chi connectivity index (χ3n) is 6.03. The molecule has 38 heavy (non-hydrogen) atoms. The van der Waals surface area contributed by atoms with Crippen LogP contribution in [0.25, 0.3) is 0 Å². The standard InChI is InChI=1S/C28H25Cl2N5O3/c1-3-37-24-14-19(10-12-23(24)38-15-18-9-11-21(29)22(30)13-18)26-25(17(2)33-28-31-16-32-35(26)28)27(36)34-20-7-5-4-6-8-20/h4-14,16,26H,3,15H2,1-2H3,(H,34,36)(H,31,32,33)/t26-/m0/s1. The third-order valence-corrected chi connectivity index (χ3v) is 6.77. The molecule has 1 aliphatic heterocycles. The van der Waals surface area contributed by atoms with Crippen LogP contribution in [0.4, 0.5) is 11.6 Å². The first-order valence-electron chi connectivity index (χ1n) is 12.0. The lowest BCUT2D eigenvalue weighted by Gasteiger charge is -2.29. The van der Waals surface area contributed by atoms with E-state index in [2.05, 4.69) is 20.7 Å². The molecule has 1 atom stereocenters. The zero-order valence-electron chi connectivity index (χ0n) is 20.7. The minimum atomic E-state index is -0.541. The van der Waals surface area contributed by atoms with E-state index in [4.69, 9.17) is 32.7 Å². The Morgan fingerprint density at radius 2 is 1.84 bits per heavy atom. The number of carbonyl (C=O) groups excluding carboxylic acids is 1. The largest absolute Gasteiger partial charge is 0.490 e. The second kappa shape index (κ2) is 11.2. The lowest BCUT2D eigenvalue weighted by atomic mass is 9.94. The van der Waals surface area contributed by atoms with Gasteiger partial charge in [-0.15, -0.1) is 0 Å². The Balaban J connectivity index is 1.48. The summed E-state index contributed by atoms with van der Waals surface area (Å²) in [5.74, 6) is 1.41. The molecule has 0 radical (unpaired) electrons. The molecular weight excluding hydrogens is 525 g/mol. The molecule has 8 nitrogen and oxygen atoms in total. The average molecular weight is 550 g/mol. The van der Waals surface area contributed by atoms with Crippen LogP contribution in [-0.4, -0.2) is 27.3 Å². The predicted octanol–water partition coefficient (Wildman–Crippen LogP) is 6.49. The van der Waals surface area contributed by atoms with E-state index in [1.807, 2.05) is 68.4 Å². The monoisotopic (exact) mass is 549 g/mol. The molecule has 3 aromatic carbocycles. The number of hydrogen-bond acceptors (Lipinski definition) is 6. The molecule has 0 saturated carbocycles. The van der Waals surface area contributed by atoms with Crippen LogP contribution >= 0.6 is 23.2 Å². The summed E-state index contributed by atoms with van der Waals surface area (Å²) < 4.78 is 13.7. The van der Waals surface area contributed by atoms with Gasteiger partial charge in [0.25, 0.3) is 5.91 Å². The molecular formula is C28H25Cl2N5O3. The lowest BCUT2D eigenvalue weighted by molar-refractivity contribution is -0.113. The quantitative estimate of drug-likeness (QED) is 0.261. The average Bonchev–Trinajstić information content (AvgIpc) is 3.38. The molecule has 10 heteroatoms. The van der Waals surface area contributed by atoms with E-state index in [-0.39, 0.29) is 12.5 Å². The topological polar surface area (TPSA) is 90.3 Å². The van der Waals surface area contributed by atoms with Crippen molar-refractivity contribution >= 4 is 40.7 Å². The van der Waals surface area contributed by atoms with Gasteiger partial charge in [-0.05, 0) is 61.4 Å². The maximum atomic E-state index is 13.5. The summed E-state index contributed by atoms with van der Waals surface area (Å²) in [6, 6.07) is 19.7. The zero-order chi connectivity index (χ0) is 26.6. The van der Waals surface area contributed by atoms with Crippen LogP contribution in [0.15, 0.2) is 84.3 Å². The summed E-state index contributed by atoms with van der Waals surface area (Å²) in [6.45, 7) is 4.46. The van der Waals surface area contributed by atoms with Crippen LogP contribution in [0, 0.1) is 0 Å². The fourth-order valence-electron chi connectivity index (χ4n) is 4.29. The molecule has 2 heterocycles. The van der Waals surface area contributed by atoms with Crippen molar-refractivity contribution in [1.29, 1.82) is 0 Å². The zero-order valence-corrected chi connectivity index (χ0v) is 22.3. The molecule has 1 aliphatic rings. The highest BCUT2D eigenvalue weighted by Crippen LogP contribution is 2.39. The Morgan fingerprint density at radius 3 is 2.61 bits per heavy atom. The molecule has 1 aromatic heterocycles.